The predicted molar refractivity (Wildman–Crippen MR) is 81.6 cm³/mol. The first-order valence-corrected chi connectivity index (χ1v) is 7.46. The Morgan fingerprint density at radius 2 is 1.90 bits per heavy atom. The Bertz CT molecular complexity index is 509. The van der Waals surface area contributed by atoms with Gasteiger partial charge in [-0.15, -0.1) is 0 Å². The van der Waals surface area contributed by atoms with Crippen LogP contribution < -0.4 is 10.6 Å². The summed E-state index contributed by atoms with van der Waals surface area (Å²) in [6, 6.07) is 8.04. The molecule has 2 aliphatic rings. The topological polar surface area (TPSA) is 41.1 Å². The van der Waals surface area contributed by atoms with Gasteiger partial charge < -0.3 is 10.6 Å². The van der Waals surface area contributed by atoms with Crippen molar-refractivity contribution in [2.75, 3.05) is 11.9 Å². The Kier molecular flexibility index (Phi) is 2.86. The van der Waals surface area contributed by atoms with Crippen LogP contribution in [0.25, 0.3) is 0 Å². The van der Waals surface area contributed by atoms with Gasteiger partial charge in [-0.05, 0) is 28.4 Å². The molecule has 1 aromatic rings. The van der Waals surface area contributed by atoms with Crippen LogP contribution in [0.5, 0.6) is 0 Å². The zero-order valence-electron chi connectivity index (χ0n) is 12.8. The fourth-order valence-electron chi connectivity index (χ4n) is 3.63. The maximum Gasteiger partial charge on any atom is 0.242 e. The Balaban J connectivity index is 1.55. The van der Waals surface area contributed by atoms with Crippen LogP contribution in [-0.2, 0) is 11.2 Å². The standard InChI is InChI=1S/C17H24N2O/c1-16(2)14(17(16,3)4)10-18-15(20)13-9-11-7-5-6-8-12(11)19-13/h5-8,13-14,19H,9-10H2,1-4H3,(H,18,20). The lowest BCUT2D eigenvalue weighted by Gasteiger charge is -2.12. The number of hydrogen-bond acceptors (Lipinski definition) is 2. The minimum absolute atomic E-state index is 0.114. The largest absolute Gasteiger partial charge is 0.373 e. The van der Waals surface area contributed by atoms with Gasteiger partial charge in [0, 0.05) is 18.7 Å². The van der Waals surface area contributed by atoms with E-state index >= 15 is 0 Å². The summed E-state index contributed by atoms with van der Waals surface area (Å²) < 4.78 is 0. The molecule has 0 bridgehead atoms. The van der Waals surface area contributed by atoms with Crippen molar-refractivity contribution < 1.29 is 4.79 Å². The summed E-state index contributed by atoms with van der Waals surface area (Å²) in [6.07, 6.45) is 0.791. The second-order valence-corrected chi connectivity index (χ2v) is 7.30. The summed E-state index contributed by atoms with van der Waals surface area (Å²) in [5.41, 5.74) is 2.98. The van der Waals surface area contributed by atoms with Gasteiger partial charge in [0.1, 0.15) is 6.04 Å². The zero-order chi connectivity index (χ0) is 14.5. The molecule has 20 heavy (non-hydrogen) atoms. The van der Waals surface area contributed by atoms with Crippen molar-refractivity contribution in [1.29, 1.82) is 0 Å². The number of anilines is 1. The van der Waals surface area contributed by atoms with E-state index in [0.717, 1.165) is 18.7 Å². The third-order valence-corrected chi connectivity index (χ3v) is 5.89. The molecule has 3 heteroatoms. The van der Waals surface area contributed by atoms with Crippen molar-refractivity contribution in [3.63, 3.8) is 0 Å². The van der Waals surface area contributed by atoms with Crippen molar-refractivity contribution in [3.8, 4) is 0 Å². The van der Waals surface area contributed by atoms with Gasteiger partial charge in [-0.1, -0.05) is 45.9 Å². The smallest absolute Gasteiger partial charge is 0.242 e. The summed E-state index contributed by atoms with van der Waals surface area (Å²) in [7, 11) is 0. The maximum atomic E-state index is 12.3. The highest BCUT2D eigenvalue weighted by atomic mass is 16.2. The molecule has 1 aromatic carbocycles. The van der Waals surface area contributed by atoms with E-state index in [1.54, 1.807) is 0 Å². The van der Waals surface area contributed by atoms with Crippen LogP contribution in [-0.4, -0.2) is 18.5 Å². The molecule has 1 aliphatic carbocycles. The van der Waals surface area contributed by atoms with E-state index in [1.807, 2.05) is 18.2 Å². The van der Waals surface area contributed by atoms with E-state index in [9.17, 15) is 4.79 Å². The monoisotopic (exact) mass is 272 g/mol. The van der Waals surface area contributed by atoms with Gasteiger partial charge in [-0.2, -0.15) is 0 Å². The molecule has 3 nitrogen and oxygen atoms in total. The number of rotatable bonds is 3. The number of fused-ring (bicyclic) bond motifs is 1. The van der Waals surface area contributed by atoms with Crippen molar-refractivity contribution in [1.82, 2.24) is 5.32 Å². The Morgan fingerprint density at radius 1 is 1.25 bits per heavy atom. The minimum atomic E-state index is -0.114. The van der Waals surface area contributed by atoms with Gasteiger partial charge in [0.05, 0.1) is 0 Å². The van der Waals surface area contributed by atoms with Gasteiger partial charge in [-0.25, -0.2) is 0 Å². The maximum absolute atomic E-state index is 12.3. The molecular formula is C17H24N2O. The van der Waals surface area contributed by atoms with Gasteiger partial charge in [0.2, 0.25) is 5.91 Å². The summed E-state index contributed by atoms with van der Waals surface area (Å²) >= 11 is 0. The summed E-state index contributed by atoms with van der Waals surface area (Å²) in [5.74, 6) is 0.697. The average Bonchev–Trinajstić information content (AvgIpc) is 2.74. The third kappa shape index (κ3) is 1.91. The number of benzene rings is 1. The molecule has 1 heterocycles. The van der Waals surface area contributed by atoms with E-state index in [2.05, 4.69) is 44.4 Å². The molecule has 1 saturated carbocycles. The molecule has 0 aromatic heterocycles. The predicted octanol–water partition coefficient (Wildman–Crippen LogP) is 2.82. The number of amides is 1. The van der Waals surface area contributed by atoms with E-state index in [-0.39, 0.29) is 11.9 Å². The van der Waals surface area contributed by atoms with Crippen LogP contribution >= 0.6 is 0 Å². The number of nitrogens with one attached hydrogen (secondary N) is 2. The van der Waals surface area contributed by atoms with Crippen molar-refractivity contribution >= 4 is 11.6 Å². The normalized spacial score (nSPS) is 25.7. The highest BCUT2D eigenvalue weighted by Gasteiger charge is 2.64. The summed E-state index contributed by atoms with van der Waals surface area (Å²) in [4.78, 5) is 12.3. The van der Waals surface area contributed by atoms with Gasteiger partial charge in [0.25, 0.3) is 0 Å². The van der Waals surface area contributed by atoms with Crippen LogP contribution in [0.4, 0.5) is 5.69 Å². The van der Waals surface area contributed by atoms with Crippen LogP contribution in [0.15, 0.2) is 24.3 Å². The number of carbonyl (C=O) groups is 1. The molecule has 0 radical (unpaired) electrons. The first kappa shape index (κ1) is 13.5. The van der Waals surface area contributed by atoms with E-state index in [4.69, 9.17) is 0 Å². The highest BCUT2D eigenvalue weighted by Crippen LogP contribution is 2.67. The van der Waals surface area contributed by atoms with E-state index in [1.165, 1.54) is 5.56 Å². The molecule has 1 aliphatic heterocycles. The molecule has 0 saturated heterocycles. The first-order chi connectivity index (χ1) is 9.34. The molecule has 1 amide bonds. The fraction of sp³-hybridized carbons (Fsp3) is 0.588. The van der Waals surface area contributed by atoms with Crippen LogP contribution in [0.2, 0.25) is 0 Å². The summed E-state index contributed by atoms with van der Waals surface area (Å²) in [5, 5.41) is 6.44. The number of carbonyl (C=O) groups excluding carboxylic acids is 1. The molecule has 1 fully saturated rings. The van der Waals surface area contributed by atoms with Crippen molar-refractivity contribution in [2.45, 2.75) is 40.2 Å². The molecule has 2 N–H and O–H groups in total. The lowest BCUT2D eigenvalue weighted by Crippen LogP contribution is -2.39. The average molecular weight is 272 g/mol. The number of hydrogen-bond donors (Lipinski definition) is 2. The van der Waals surface area contributed by atoms with Crippen LogP contribution in [0, 0.1) is 16.7 Å². The van der Waals surface area contributed by atoms with E-state index < -0.39 is 0 Å². The third-order valence-electron chi connectivity index (χ3n) is 5.89. The molecule has 1 unspecified atom stereocenters. The lowest BCUT2D eigenvalue weighted by atomic mass is 10.0. The number of para-hydroxylation sites is 1. The second kappa shape index (κ2) is 4.24. The fourth-order valence-corrected chi connectivity index (χ4v) is 3.63. The van der Waals surface area contributed by atoms with Crippen molar-refractivity contribution in [3.05, 3.63) is 29.8 Å². The van der Waals surface area contributed by atoms with Crippen LogP contribution in [0.1, 0.15) is 33.3 Å². The Labute approximate surface area is 121 Å². The quantitative estimate of drug-likeness (QED) is 0.888. The van der Waals surface area contributed by atoms with Gasteiger partial charge >= 0.3 is 0 Å². The first-order valence-electron chi connectivity index (χ1n) is 7.46. The van der Waals surface area contributed by atoms with Gasteiger partial charge in [0.15, 0.2) is 0 Å². The Hall–Kier alpha value is -1.51. The molecule has 1 atom stereocenters. The lowest BCUT2D eigenvalue weighted by molar-refractivity contribution is -0.121. The van der Waals surface area contributed by atoms with E-state index in [0.29, 0.717) is 16.7 Å². The molecular weight excluding hydrogens is 248 g/mol. The van der Waals surface area contributed by atoms with Gasteiger partial charge in [-0.3, -0.25) is 4.79 Å². The molecule has 108 valence electrons. The zero-order valence-corrected chi connectivity index (χ0v) is 12.8. The molecule has 0 spiro atoms. The minimum Gasteiger partial charge on any atom is -0.373 e. The van der Waals surface area contributed by atoms with Crippen molar-refractivity contribution in [2.24, 2.45) is 16.7 Å². The highest BCUT2D eigenvalue weighted by molar-refractivity contribution is 5.87. The molecule has 3 rings (SSSR count). The van der Waals surface area contributed by atoms with Crippen LogP contribution in [0.3, 0.4) is 0 Å². The summed E-state index contributed by atoms with van der Waals surface area (Å²) in [6.45, 7) is 9.93. The Morgan fingerprint density at radius 3 is 2.50 bits per heavy atom. The SMILES string of the molecule is CC1(C)C(CNC(=O)C2Cc3ccccc3N2)C1(C)C. The second-order valence-electron chi connectivity index (χ2n) is 7.30.